The second-order valence-corrected chi connectivity index (χ2v) is 35.1. The number of benzene rings is 22. The van der Waals surface area contributed by atoms with Crippen LogP contribution in [0.5, 0.6) is 0 Å². The second kappa shape index (κ2) is 38.3. The van der Waals surface area contributed by atoms with Gasteiger partial charge in [0.05, 0.1) is 5.41 Å². The molecule has 0 amide bonds. The minimum Gasteiger partial charge on any atom is -0.311 e. The predicted molar refractivity (Wildman–Crippen MR) is 584 cm³/mol. The van der Waals surface area contributed by atoms with Crippen molar-refractivity contribution in [2.45, 2.75) is 5.41 Å². The van der Waals surface area contributed by atoms with Gasteiger partial charge in [-0.3, -0.25) is 0 Å². The Labute approximate surface area is 814 Å². The van der Waals surface area contributed by atoms with E-state index in [0.717, 1.165) is 113 Å². The Morgan fingerprint density at radius 1 is 0.0935 bits per heavy atom. The zero-order valence-electron chi connectivity index (χ0n) is 76.6. The van der Waals surface area contributed by atoms with Crippen molar-refractivity contribution in [3.63, 3.8) is 0 Å². The van der Waals surface area contributed by atoms with Crippen molar-refractivity contribution in [3.8, 4) is 77.9 Å². The van der Waals surface area contributed by atoms with Gasteiger partial charge in [0.25, 0.3) is 0 Å². The lowest BCUT2D eigenvalue weighted by Gasteiger charge is -2.35. The molecule has 0 atom stereocenters. The van der Waals surface area contributed by atoms with Crippen LogP contribution in [0.4, 0.5) is 102 Å². The van der Waals surface area contributed by atoms with Crippen molar-refractivity contribution in [2.24, 2.45) is 0 Å². The van der Waals surface area contributed by atoms with Gasteiger partial charge in [0.15, 0.2) is 0 Å². The quantitative estimate of drug-likeness (QED) is 0.0631. The third kappa shape index (κ3) is 16.8. The van der Waals surface area contributed by atoms with Gasteiger partial charge in [-0.05, 0) is 319 Å². The standard InChI is InChI=1S/C73H52N4.C60H44N2/c1-9-25-53(26-10-1)74(54-27-11-2-12-28-54)61-41-45-65-66-46-42-62(75(55-29-13-3-14-30-55)56-31-15-4-16-32-56)50-70(66)73(69(65)49-61)71-51-63(76(57-33-17-5-18-34-57)58-35-19-6-20-36-58)43-47-67(71)68-48-44-64(52-72(68)73)77(59-37-21-7-22-38-59)60-39-23-8-24-40-60;1-5-13-45(14-6-1)49-21-33-55(34-22-49)61(56-35-23-50(24-36-56)46-15-7-2-8-16-46)59-41-29-53(30-42-59)54-31-43-60(44-32-54)62(57-37-25-51(26-38-57)47-17-9-3-10-18-47)58-39-27-52(28-40-58)48-19-11-4-12-20-48/h1-52H;1-44H. The maximum atomic E-state index is 2.50. The Morgan fingerprint density at radius 3 is 0.345 bits per heavy atom. The molecule has 0 heterocycles. The maximum absolute atomic E-state index is 2.50. The highest BCUT2D eigenvalue weighted by atomic mass is 15.2. The van der Waals surface area contributed by atoms with E-state index in [1.165, 1.54) is 89.0 Å². The molecule has 0 N–H and O–H groups in total. The first-order valence-electron chi connectivity index (χ1n) is 47.6. The number of hydrogen-bond acceptors (Lipinski definition) is 6. The fraction of sp³-hybridized carbons (Fsp3) is 0.00752. The van der Waals surface area contributed by atoms with Crippen LogP contribution in [-0.2, 0) is 5.41 Å². The first-order chi connectivity index (χ1) is 68.9. The Bertz CT molecular complexity index is 6870. The lowest BCUT2D eigenvalue weighted by atomic mass is 9.70. The van der Waals surface area contributed by atoms with Gasteiger partial charge in [-0.2, -0.15) is 0 Å². The molecule has 0 fully saturated rings. The molecule has 0 bridgehead atoms. The van der Waals surface area contributed by atoms with E-state index in [1.54, 1.807) is 0 Å². The molecule has 0 aliphatic heterocycles. The molecule has 2 aliphatic carbocycles. The van der Waals surface area contributed by atoms with Gasteiger partial charge < -0.3 is 29.4 Å². The number of fused-ring (bicyclic) bond motifs is 10. The van der Waals surface area contributed by atoms with E-state index in [0.29, 0.717) is 0 Å². The normalized spacial score (nSPS) is 11.7. The molecule has 658 valence electrons. The molecule has 0 saturated heterocycles. The zero-order valence-corrected chi connectivity index (χ0v) is 76.6. The van der Waals surface area contributed by atoms with Gasteiger partial charge in [-0.25, -0.2) is 0 Å². The molecule has 22 aromatic carbocycles. The molecule has 2 aliphatic rings. The highest BCUT2D eigenvalue weighted by Crippen LogP contribution is 2.66. The Kier molecular flexibility index (Phi) is 23.4. The fourth-order valence-corrected chi connectivity index (χ4v) is 20.4. The van der Waals surface area contributed by atoms with Crippen LogP contribution in [0.3, 0.4) is 0 Å². The molecule has 24 rings (SSSR count). The largest absolute Gasteiger partial charge is 0.311 e. The second-order valence-electron chi connectivity index (χ2n) is 35.1. The molecule has 22 aromatic rings. The smallest absolute Gasteiger partial charge is 0.0728 e. The fourth-order valence-electron chi connectivity index (χ4n) is 20.4. The number of hydrogen-bond donors (Lipinski definition) is 0. The van der Waals surface area contributed by atoms with E-state index in [1.807, 2.05) is 0 Å². The van der Waals surface area contributed by atoms with Crippen LogP contribution in [0.25, 0.3) is 77.9 Å². The van der Waals surface area contributed by atoms with E-state index >= 15 is 0 Å². The highest BCUT2D eigenvalue weighted by molar-refractivity contribution is 6.01. The lowest BCUT2D eigenvalue weighted by molar-refractivity contribution is 0.793. The van der Waals surface area contributed by atoms with Crippen molar-refractivity contribution in [1.29, 1.82) is 0 Å². The molecule has 0 aromatic heterocycles. The molecule has 0 unspecified atom stereocenters. The zero-order chi connectivity index (χ0) is 92.6. The van der Waals surface area contributed by atoms with Crippen molar-refractivity contribution in [3.05, 3.63) is 605 Å². The monoisotopic (exact) mass is 1780 g/mol. The minimum absolute atomic E-state index is 0.816. The van der Waals surface area contributed by atoms with E-state index in [-0.39, 0.29) is 0 Å². The van der Waals surface area contributed by atoms with Gasteiger partial charge in [0.2, 0.25) is 0 Å². The summed E-state index contributed by atoms with van der Waals surface area (Å²) in [6.07, 6.45) is 0. The van der Waals surface area contributed by atoms with E-state index in [9.17, 15) is 0 Å². The van der Waals surface area contributed by atoms with Gasteiger partial charge in [0.1, 0.15) is 0 Å². The average molecular weight is 1780 g/mol. The van der Waals surface area contributed by atoms with Gasteiger partial charge in [-0.15, -0.1) is 0 Å². The Morgan fingerprint density at radius 2 is 0.201 bits per heavy atom. The highest BCUT2D eigenvalue weighted by Gasteiger charge is 2.53. The summed E-state index contributed by atoms with van der Waals surface area (Å²) in [5.74, 6) is 0. The number of nitrogens with zero attached hydrogens (tertiary/aromatic N) is 6. The number of para-hydroxylation sites is 8. The summed E-state index contributed by atoms with van der Waals surface area (Å²) in [6.45, 7) is 0. The first-order valence-corrected chi connectivity index (χ1v) is 47.6. The summed E-state index contributed by atoms with van der Waals surface area (Å²) in [7, 11) is 0. The summed E-state index contributed by atoms with van der Waals surface area (Å²) in [6, 6.07) is 210. The lowest BCUT2D eigenvalue weighted by Crippen LogP contribution is -2.27. The molecule has 1 spiro atoms. The predicted octanol–water partition coefficient (Wildman–Crippen LogP) is 36.9. The van der Waals surface area contributed by atoms with E-state index in [4.69, 9.17) is 0 Å². The van der Waals surface area contributed by atoms with Crippen LogP contribution >= 0.6 is 0 Å². The number of anilines is 18. The first kappa shape index (κ1) is 84.9. The van der Waals surface area contributed by atoms with Gasteiger partial charge in [-0.1, -0.05) is 364 Å². The van der Waals surface area contributed by atoms with Crippen molar-refractivity contribution in [1.82, 2.24) is 0 Å². The van der Waals surface area contributed by atoms with Crippen molar-refractivity contribution < 1.29 is 0 Å². The van der Waals surface area contributed by atoms with Crippen LogP contribution in [-0.4, -0.2) is 0 Å². The average Bonchev–Trinajstić information content (AvgIpc) is 1.50. The van der Waals surface area contributed by atoms with Crippen molar-refractivity contribution in [2.75, 3.05) is 29.4 Å². The van der Waals surface area contributed by atoms with Crippen LogP contribution < -0.4 is 29.4 Å². The van der Waals surface area contributed by atoms with Crippen LogP contribution in [0.15, 0.2) is 582 Å². The van der Waals surface area contributed by atoms with Gasteiger partial charge >= 0.3 is 0 Å². The molecule has 0 radical (unpaired) electrons. The third-order valence-corrected chi connectivity index (χ3v) is 26.9. The summed E-state index contributed by atoms with van der Waals surface area (Å²) in [5, 5.41) is 0. The van der Waals surface area contributed by atoms with Crippen LogP contribution in [0, 0.1) is 0 Å². The molecular formula is C133H96N6. The molecule has 6 heteroatoms. The SMILES string of the molecule is c1ccc(-c2ccc(N(c3ccc(-c4ccccc4)cc3)c3ccc(-c4ccc(N(c5ccc(-c6ccccc6)cc5)c5ccc(-c6ccccc6)cc5)cc4)cc3)cc2)cc1.c1ccc(N(c2ccccc2)c2ccc3c(c2)C2(c4cc(N(c5ccccc5)c5ccccc5)ccc4-3)c3cc(N(c4ccccc4)c4ccccc4)ccc3-c3ccc(N(c4ccccc4)c4ccccc4)cc32)cc1. The van der Waals surface area contributed by atoms with Crippen LogP contribution in [0.1, 0.15) is 22.3 Å². The molecule has 0 saturated carbocycles. The Balaban J connectivity index is 0.000000159. The molecule has 139 heavy (non-hydrogen) atoms. The maximum Gasteiger partial charge on any atom is 0.0728 e. The topological polar surface area (TPSA) is 19.4 Å². The molecule has 6 nitrogen and oxygen atoms in total. The van der Waals surface area contributed by atoms with Crippen molar-refractivity contribution >= 4 is 102 Å². The summed E-state index contributed by atoms with van der Waals surface area (Å²) in [4.78, 5) is 14.3. The van der Waals surface area contributed by atoms with Gasteiger partial charge in [0, 0.05) is 102 Å². The van der Waals surface area contributed by atoms with E-state index in [2.05, 4.69) is 612 Å². The molecular weight excluding hydrogens is 1680 g/mol. The summed E-state index contributed by atoms with van der Waals surface area (Å²) >= 11 is 0. The third-order valence-electron chi connectivity index (χ3n) is 26.9. The number of rotatable bonds is 23. The summed E-state index contributed by atoms with van der Waals surface area (Å²) in [5.41, 5.74) is 40.5. The van der Waals surface area contributed by atoms with Crippen LogP contribution in [0.2, 0.25) is 0 Å². The summed E-state index contributed by atoms with van der Waals surface area (Å²) < 4.78 is 0. The van der Waals surface area contributed by atoms with E-state index < -0.39 is 5.41 Å². The Hall–Kier alpha value is -18.4. The minimum atomic E-state index is -0.816.